The maximum atomic E-state index is 13.4. The Labute approximate surface area is 184 Å². The molecule has 1 aliphatic rings. The lowest BCUT2D eigenvalue weighted by Gasteiger charge is -2.33. The molecule has 3 rings (SSSR count). The third kappa shape index (κ3) is 4.70. The van der Waals surface area contributed by atoms with E-state index in [4.69, 9.17) is 9.47 Å². The zero-order chi connectivity index (χ0) is 22.8. The second kappa shape index (κ2) is 9.28. The van der Waals surface area contributed by atoms with E-state index in [0.29, 0.717) is 25.1 Å². The lowest BCUT2D eigenvalue weighted by molar-refractivity contribution is -0.123. The molecule has 0 aliphatic carbocycles. The van der Waals surface area contributed by atoms with Crippen molar-refractivity contribution in [2.24, 2.45) is 5.92 Å². The zero-order valence-corrected chi connectivity index (χ0v) is 19.5. The number of methoxy groups -OCH3 is 2. The van der Waals surface area contributed by atoms with Crippen molar-refractivity contribution < 1.29 is 22.7 Å². The van der Waals surface area contributed by atoms with Gasteiger partial charge in [0.25, 0.3) is 0 Å². The number of hydrogen-bond acceptors (Lipinski definition) is 5. The average molecular weight is 447 g/mol. The maximum Gasteiger partial charge on any atom is 0.246 e. The van der Waals surface area contributed by atoms with Gasteiger partial charge in [-0.15, -0.1) is 0 Å². The first-order valence-electron chi connectivity index (χ1n) is 10.3. The standard InChI is InChI=1S/C23H30N2O5S/c1-16-8-9-19(13-17(16)2)24(3)23(26)18-7-6-12-25(15-18)31(27,28)22-14-20(29-4)10-11-21(22)30-5/h8-11,13-14,18H,6-7,12,15H2,1-5H3. The van der Waals surface area contributed by atoms with Gasteiger partial charge in [0.1, 0.15) is 16.4 Å². The van der Waals surface area contributed by atoms with Crippen LogP contribution in [0.15, 0.2) is 41.3 Å². The second-order valence-corrected chi connectivity index (χ2v) is 9.79. The fourth-order valence-electron chi connectivity index (χ4n) is 3.82. The maximum absolute atomic E-state index is 13.4. The highest BCUT2D eigenvalue weighted by molar-refractivity contribution is 7.89. The lowest BCUT2D eigenvalue weighted by atomic mass is 9.98. The molecule has 168 valence electrons. The first-order valence-corrected chi connectivity index (χ1v) is 11.7. The highest BCUT2D eigenvalue weighted by atomic mass is 32.2. The molecule has 0 spiro atoms. The highest BCUT2D eigenvalue weighted by Gasteiger charge is 2.36. The van der Waals surface area contributed by atoms with Gasteiger partial charge in [0.05, 0.1) is 20.1 Å². The molecule has 0 aromatic heterocycles. The summed E-state index contributed by atoms with van der Waals surface area (Å²) >= 11 is 0. The monoisotopic (exact) mass is 446 g/mol. The summed E-state index contributed by atoms with van der Waals surface area (Å²) in [5.74, 6) is 0.187. The number of sulfonamides is 1. The van der Waals surface area contributed by atoms with Gasteiger partial charge in [-0.1, -0.05) is 6.07 Å². The van der Waals surface area contributed by atoms with Crippen molar-refractivity contribution in [2.45, 2.75) is 31.6 Å². The molecule has 31 heavy (non-hydrogen) atoms. The Balaban J connectivity index is 1.84. The highest BCUT2D eigenvalue weighted by Crippen LogP contribution is 2.33. The predicted octanol–water partition coefficient (Wildman–Crippen LogP) is 3.38. The van der Waals surface area contributed by atoms with Gasteiger partial charge in [-0.2, -0.15) is 4.31 Å². The van der Waals surface area contributed by atoms with E-state index >= 15 is 0 Å². The number of nitrogens with zero attached hydrogens (tertiary/aromatic N) is 2. The summed E-state index contributed by atoms with van der Waals surface area (Å²) in [7, 11) is 0.807. The van der Waals surface area contributed by atoms with Crippen molar-refractivity contribution >= 4 is 21.6 Å². The van der Waals surface area contributed by atoms with Gasteiger partial charge in [-0.25, -0.2) is 8.42 Å². The van der Waals surface area contributed by atoms with E-state index in [1.54, 1.807) is 24.1 Å². The van der Waals surface area contributed by atoms with E-state index in [2.05, 4.69) is 0 Å². The van der Waals surface area contributed by atoms with Crippen LogP contribution in [-0.2, 0) is 14.8 Å². The van der Waals surface area contributed by atoms with Gasteiger partial charge in [-0.3, -0.25) is 4.79 Å². The van der Waals surface area contributed by atoms with Crippen molar-refractivity contribution in [1.29, 1.82) is 0 Å². The number of amides is 1. The molecular weight excluding hydrogens is 416 g/mol. The van der Waals surface area contributed by atoms with E-state index in [1.807, 2.05) is 32.0 Å². The van der Waals surface area contributed by atoms with Crippen LogP contribution in [0.2, 0.25) is 0 Å². The molecule has 1 saturated heterocycles. The van der Waals surface area contributed by atoms with Crippen LogP contribution >= 0.6 is 0 Å². The molecule has 8 heteroatoms. The van der Waals surface area contributed by atoms with Crippen LogP contribution in [0.3, 0.4) is 0 Å². The van der Waals surface area contributed by atoms with E-state index < -0.39 is 15.9 Å². The number of carbonyl (C=O) groups is 1. The van der Waals surface area contributed by atoms with Gasteiger partial charge in [0.15, 0.2) is 0 Å². The number of piperidine rings is 1. The van der Waals surface area contributed by atoms with Crippen molar-refractivity contribution in [3.63, 3.8) is 0 Å². The smallest absolute Gasteiger partial charge is 0.246 e. The Hall–Kier alpha value is -2.58. The van der Waals surface area contributed by atoms with E-state index in [1.165, 1.54) is 24.6 Å². The molecule has 0 saturated carbocycles. The Morgan fingerprint density at radius 1 is 1.06 bits per heavy atom. The van der Waals surface area contributed by atoms with Gasteiger partial charge in [-0.05, 0) is 62.1 Å². The third-order valence-electron chi connectivity index (χ3n) is 5.93. The minimum absolute atomic E-state index is 0.0463. The van der Waals surface area contributed by atoms with E-state index in [9.17, 15) is 13.2 Å². The molecule has 2 aromatic rings. The molecule has 1 heterocycles. The molecule has 1 aliphatic heterocycles. The molecule has 0 N–H and O–H groups in total. The van der Waals surface area contributed by atoms with Crippen LogP contribution < -0.4 is 14.4 Å². The van der Waals surface area contributed by atoms with Crippen LogP contribution in [0, 0.1) is 19.8 Å². The number of rotatable bonds is 6. The molecule has 0 bridgehead atoms. The lowest BCUT2D eigenvalue weighted by Crippen LogP contribution is -2.46. The average Bonchev–Trinajstić information content (AvgIpc) is 2.79. The van der Waals surface area contributed by atoms with Crippen LogP contribution in [-0.4, -0.2) is 53.0 Å². The van der Waals surface area contributed by atoms with Crippen LogP contribution in [0.5, 0.6) is 11.5 Å². The first-order chi connectivity index (χ1) is 14.7. The summed E-state index contributed by atoms with van der Waals surface area (Å²) < 4.78 is 38.6. The number of benzene rings is 2. The van der Waals surface area contributed by atoms with Gasteiger partial charge in [0.2, 0.25) is 15.9 Å². The van der Waals surface area contributed by atoms with Crippen molar-refractivity contribution in [3.8, 4) is 11.5 Å². The molecule has 1 amide bonds. The second-order valence-electron chi connectivity index (χ2n) is 7.88. The number of hydrogen-bond donors (Lipinski definition) is 0. The molecule has 2 aromatic carbocycles. The number of aryl methyl sites for hydroxylation is 2. The van der Waals surface area contributed by atoms with Crippen LogP contribution in [0.4, 0.5) is 5.69 Å². The predicted molar refractivity (Wildman–Crippen MR) is 120 cm³/mol. The van der Waals surface area contributed by atoms with Crippen LogP contribution in [0.25, 0.3) is 0 Å². The van der Waals surface area contributed by atoms with E-state index in [0.717, 1.165) is 16.8 Å². The Morgan fingerprint density at radius 3 is 2.45 bits per heavy atom. The van der Waals surface area contributed by atoms with Gasteiger partial charge < -0.3 is 14.4 Å². The summed E-state index contributed by atoms with van der Waals surface area (Å²) in [6.45, 7) is 4.53. The molecule has 1 unspecified atom stereocenters. The Kier molecular flexibility index (Phi) is 6.91. The van der Waals surface area contributed by atoms with E-state index in [-0.39, 0.29) is 23.1 Å². The molecule has 1 fully saturated rings. The van der Waals surface area contributed by atoms with Crippen molar-refractivity contribution in [3.05, 3.63) is 47.5 Å². The largest absolute Gasteiger partial charge is 0.497 e. The van der Waals surface area contributed by atoms with Crippen molar-refractivity contribution in [1.82, 2.24) is 4.31 Å². The molecule has 1 atom stereocenters. The summed E-state index contributed by atoms with van der Waals surface area (Å²) in [6.07, 6.45) is 1.26. The zero-order valence-electron chi connectivity index (χ0n) is 18.7. The topological polar surface area (TPSA) is 76.1 Å². The quantitative estimate of drug-likeness (QED) is 0.680. The minimum Gasteiger partial charge on any atom is -0.497 e. The third-order valence-corrected chi connectivity index (χ3v) is 7.82. The molecule has 0 radical (unpaired) electrons. The minimum atomic E-state index is -3.85. The Morgan fingerprint density at radius 2 is 1.81 bits per heavy atom. The van der Waals surface area contributed by atoms with Gasteiger partial charge >= 0.3 is 0 Å². The fourth-order valence-corrected chi connectivity index (χ4v) is 5.52. The first kappa shape index (κ1) is 23.1. The number of carbonyl (C=O) groups excluding carboxylic acids is 1. The summed E-state index contributed by atoms with van der Waals surface area (Å²) in [4.78, 5) is 14.9. The Bertz CT molecular complexity index is 1070. The molecular formula is C23H30N2O5S. The fraction of sp³-hybridized carbons (Fsp3) is 0.435. The summed E-state index contributed by atoms with van der Waals surface area (Å²) in [5, 5.41) is 0. The molecule has 7 nitrogen and oxygen atoms in total. The number of anilines is 1. The van der Waals surface area contributed by atoms with Gasteiger partial charge in [0, 0.05) is 31.9 Å². The van der Waals surface area contributed by atoms with Crippen molar-refractivity contribution in [2.75, 3.05) is 39.3 Å². The van der Waals surface area contributed by atoms with Crippen LogP contribution in [0.1, 0.15) is 24.0 Å². The summed E-state index contributed by atoms with van der Waals surface area (Å²) in [5.41, 5.74) is 3.07. The normalized spacial score (nSPS) is 17.3. The number of ether oxygens (including phenoxy) is 2. The SMILES string of the molecule is COc1ccc(OC)c(S(=O)(=O)N2CCCC(C(=O)N(C)c3ccc(C)c(C)c3)C2)c1. The summed E-state index contributed by atoms with van der Waals surface area (Å²) in [6, 6.07) is 10.6.